The highest BCUT2D eigenvalue weighted by molar-refractivity contribution is 6.07. The number of benzene rings is 2. The van der Waals surface area contributed by atoms with Crippen molar-refractivity contribution in [2.75, 3.05) is 10.6 Å². The molecule has 2 aromatic heterocycles. The van der Waals surface area contributed by atoms with Crippen LogP contribution in [0.4, 0.5) is 11.4 Å². The SMILES string of the molecule is CCCCCCCCCCCCCCCC(C(=O)O)C(=O)Nc1cccc(C(=O)Nc2ccc(CCCc3nnc4cc(C(C)(C)C)[nH]n34)cc2)c1. The lowest BCUT2D eigenvalue weighted by Crippen LogP contribution is -2.29. The fourth-order valence-corrected chi connectivity index (χ4v) is 6.48. The number of aliphatic carboxylic acids is 1. The van der Waals surface area contributed by atoms with Gasteiger partial charge in [-0.25, -0.2) is 4.52 Å². The monoisotopic (exact) mass is 712 g/mol. The molecule has 2 heterocycles. The van der Waals surface area contributed by atoms with Crippen molar-refractivity contribution in [2.24, 2.45) is 5.92 Å². The van der Waals surface area contributed by atoms with E-state index in [9.17, 15) is 19.5 Å². The zero-order chi connectivity index (χ0) is 37.3. The molecule has 0 saturated heterocycles. The normalized spacial score (nSPS) is 12.2. The number of hydrogen-bond donors (Lipinski definition) is 4. The second-order valence-corrected chi connectivity index (χ2v) is 15.2. The number of anilines is 2. The predicted molar refractivity (Wildman–Crippen MR) is 209 cm³/mol. The molecule has 4 rings (SSSR count). The van der Waals surface area contributed by atoms with Gasteiger partial charge in [0.25, 0.3) is 5.91 Å². The number of nitrogens with one attached hydrogen (secondary N) is 3. The third kappa shape index (κ3) is 12.9. The smallest absolute Gasteiger partial charge is 0.316 e. The molecule has 0 aliphatic heterocycles. The van der Waals surface area contributed by atoms with E-state index in [0.29, 0.717) is 29.8 Å². The lowest BCUT2D eigenvalue weighted by atomic mass is 9.93. The third-order valence-electron chi connectivity index (χ3n) is 9.75. The number of aromatic nitrogens is 4. The Balaban J connectivity index is 1.16. The molecule has 10 nitrogen and oxygen atoms in total. The standard InChI is InChI=1S/C42H60N6O4/c1-5-6-7-8-9-10-11-12-13-14-15-16-17-23-35(41(51)52)40(50)44-34-22-19-21-32(29-34)39(49)43-33-27-25-31(26-28-33)20-18-24-37-45-46-38-30-36(42(2,3)4)47-48(37)38/h19,21-22,25-30,35,47H,5-18,20,23-24H2,1-4H3,(H,43,49)(H,44,50)(H,51,52). The minimum absolute atomic E-state index is 0.00460. The second-order valence-electron chi connectivity index (χ2n) is 15.2. The zero-order valence-corrected chi connectivity index (χ0v) is 31.8. The second kappa shape index (κ2) is 20.5. The van der Waals surface area contributed by atoms with E-state index < -0.39 is 17.8 Å². The van der Waals surface area contributed by atoms with E-state index in [1.807, 2.05) is 34.8 Å². The van der Waals surface area contributed by atoms with Gasteiger partial charge in [0, 0.05) is 40.5 Å². The van der Waals surface area contributed by atoms with Crippen molar-refractivity contribution in [3.8, 4) is 0 Å². The molecule has 4 N–H and O–H groups in total. The molecule has 2 aromatic carbocycles. The minimum Gasteiger partial charge on any atom is -0.481 e. The van der Waals surface area contributed by atoms with Crippen molar-refractivity contribution in [3.63, 3.8) is 0 Å². The summed E-state index contributed by atoms with van der Waals surface area (Å²) in [6.07, 6.45) is 18.5. The minimum atomic E-state index is -1.13. The number of aryl methyl sites for hydroxylation is 2. The number of amides is 2. The summed E-state index contributed by atoms with van der Waals surface area (Å²) in [5.74, 6) is -2.23. The van der Waals surface area contributed by atoms with Crippen LogP contribution in [0.25, 0.3) is 5.65 Å². The maximum absolute atomic E-state index is 13.1. The number of rotatable bonds is 23. The van der Waals surface area contributed by atoms with Gasteiger partial charge in [-0.15, -0.1) is 10.2 Å². The number of aromatic amines is 1. The molecular weight excluding hydrogens is 652 g/mol. The molecule has 1 atom stereocenters. The van der Waals surface area contributed by atoms with Gasteiger partial charge in [-0.1, -0.05) is 129 Å². The van der Waals surface area contributed by atoms with Gasteiger partial charge in [0.2, 0.25) is 5.91 Å². The average molecular weight is 713 g/mol. The topological polar surface area (TPSA) is 141 Å². The van der Waals surface area contributed by atoms with Gasteiger partial charge in [0.1, 0.15) is 5.92 Å². The first kappa shape index (κ1) is 40.3. The molecule has 282 valence electrons. The Morgan fingerprint density at radius 3 is 2.00 bits per heavy atom. The molecule has 52 heavy (non-hydrogen) atoms. The number of carboxylic acid groups (broad SMARTS) is 1. The number of hydrogen-bond acceptors (Lipinski definition) is 5. The Hall–Kier alpha value is -4.47. The predicted octanol–water partition coefficient (Wildman–Crippen LogP) is 9.90. The van der Waals surface area contributed by atoms with Gasteiger partial charge in [0.05, 0.1) is 0 Å². The number of carbonyl (C=O) groups is 3. The Morgan fingerprint density at radius 1 is 0.750 bits per heavy atom. The van der Waals surface area contributed by atoms with Gasteiger partial charge in [-0.2, -0.15) is 0 Å². The largest absolute Gasteiger partial charge is 0.481 e. The van der Waals surface area contributed by atoms with Crippen molar-refractivity contribution in [1.29, 1.82) is 0 Å². The van der Waals surface area contributed by atoms with Crippen LogP contribution in [0.3, 0.4) is 0 Å². The Bertz CT molecular complexity index is 1700. The maximum atomic E-state index is 13.1. The zero-order valence-electron chi connectivity index (χ0n) is 31.8. The van der Waals surface area contributed by atoms with Crippen LogP contribution in [0.2, 0.25) is 0 Å². The fraction of sp³-hybridized carbons (Fsp3) is 0.548. The van der Waals surface area contributed by atoms with Crippen molar-refractivity contribution in [2.45, 2.75) is 142 Å². The average Bonchev–Trinajstić information content (AvgIpc) is 3.71. The van der Waals surface area contributed by atoms with E-state index in [4.69, 9.17) is 0 Å². The molecule has 10 heteroatoms. The molecule has 0 saturated carbocycles. The number of fused-ring (bicyclic) bond motifs is 1. The summed E-state index contributed by atoms with van der Waals surface area (Å²) in [6, 6.07) is 16.4. The van der Waals surface area contributed by atoms with Crippen molar-refractivity contribution in [3.05, 3.63) is 77.2 Å². The number of unbranched alkanes of at least 4 members (excludes halogenated alkanes) is 12. The number of carboxylic acids is 1. The third-order valence-corrected chi connectivity index (χ3v) is 9.75. The summed E-state index contributed by atoms with van der Waals surface area (Å²) in [6.45, 7) is 8.73. The first-order chi connectivity index (χ1) is 25.0. The Labute approximate surface area is 309 Å². The van der Waals surface area contributed by atoms with Crippen LogP contribution in [0.15, 0.2) is 54.6 Å². The summed E-state index contributed by atoms with van der Waals surface area (Å²) in [4.78, 5) is 37.9. The number of carbonyl (C=O) groups excluding carboxylic acids is 2. The fourth-order valence-electron chi connectivity index (χ4n) is 6.48. The van der Waals surface area contributed by atoms with Gasteiger partial charge in [-0.05, 0) is 55.2 Å². The van der Waals surface area contributed by atoms with E-state index in [0.717, 1.165) is 61.3 Å². The van der Waals surface area contributed by atoms with E-state index in [2.05, 4.69) is 53.6 Å². The number of nitrogens with zero attached hydrogens (tertiary/aromatic N) is 3. The molecule has 2 amide bonds. The summed E-state index contributed by atoms with van der Waals surface area (Å²) < 4.78 is 1.96. The van der Waals surface area contributed by atoms with Crippen LogP contribution >= 0.6 is 0 Å². The van der Waals surface area contributed by atoms with Crippen molar-refractivity contribution >= 4 is 34.8 Å². The molecule has 0 spiro atoms. The van der Waals surface area contributed by atoms with Gasteiger partial charge >= 0.3 is 5.97 Å². The van der Waals surface area contributed by atoms with Gasteiger partial charge in [0.15, 0.2) is 11.5 Å². The van der Waals surface area contributed by atoms with Crippen LogP contribution < -0.4 is 10.6 Å². The molecule has 0 radical (unpaired) electrons. The van der Waals surface area contributed by atoms with E-state index in [1.54, 1.807) is 24.3 Å². The van der Waals surface area contributed by atoms with Gasteiger partial charge < -0.3 is 15.7 Å². The van der Waals surface area contributed by atoms with E-state index in [-0.39, 0.29) is 11.3 Å². The molecule has 0 fully saturated rings. The molecule has 0 aliphatic carbocycles. The summed E-state index contributed by atoms with van der Waals surface area (Å²) in [5.41, 5.74) is 4.52. The first-order valence-electron chi connectivity index (χ1n) is 19.5. The van der Waals surface area contributed by atoms with Crippen LogP contribution in [-0.2, 0) is 27.8 Å². The van der Waals surface area contributed by atoms with Crippen molar-refractivity contribution in [1.82, 2.24) is 19.8 Å². The lowest BCUT2D eigenvalue weighted by molar-refractivity contribution is -0.145. The molecule has 4 aromatic rings. The highest BCUT2D eigenvalue weighted by Gasteiger charge is 2.26. The summed E-state index contributed by atoms with van der Waals surface area (Å²) in [7, 11) is 0. The Kier molecular flexibility index (Phi) is 15.9. The van der Waals surface area contributed by atoms with E-state index in [1.165, 1.54) is 57.8 Å². The van der Waals surface area contributed by atoms with Crippen LogP contribution in [0, 0.1) is 5.92 Å². The quantitative estimate of drug-likeness (QED) is 0.0446. The first-order valence-corrected chi connectivity index (χ1v) is 19.5. The molecule has 0 bridgehead atoms. The van der Waals surface area contributed by atoms with Crippen LogP contribution in [0.5, 0.6) is 0 Å². The van der Waals surface area contributed by atoms with Crippen LogP contribution in [0.1, 0.15) is 151 Å². The molecule has 1 unspecified atom stereocenters. The Morgan fingerprint density at radius 2 is 1.38 bits per heavy atom. The maximum Gasteiger partial charge on any atom is 0.316 e. The molecular formula is C42H60N6O4. The summed E-state index contributed by atoms with van der Waals surface area (Å²) in [5, 5.41) is 27.5. The lowest BCUT2D eigenvalue weighted by Gasteiger charge is -2.15. The van der Waals surface area contributed by atoms with Crippen LogP contribution in [-0.4, -0.2) is 42.7 Å². The van der Waals surface area contributed by atoms with Gasteiger partial charge in [-0.3, -0.25) is 19.5 Å². The highest BCUT2D eigenvalue weighted by atomic mass is 16.4. The highest BCUT2D eigenvalue weighted by Crippen LogP contribution is 2.23. The van der Waals surface area contributed by atoms with E-state index >= 15 is 0 Å². The summed E-state index contributed by atoms with van der Waals surface area (Å²) >= 11 is 0. The number of H-pyrrole nitrogens is 1. The molecule has 0 aliphatic rings. The van der Waals surface area contributed by atoms with Crippen molar-refractivity contribution < 1.29 is 19.5 Å².